The number of anilines is 1. The maximum Gasteiger partial charge on any atom is 0.163 e. The van der Waals surface area contributed by atoms with Crippen LogP contribution in [0.4, 0.5) is 5.69 Å². The fourth-order valence-corrected chi connectivity index (χ4v) is 2.48. The zero-order valence-corrected chi connectivity index (χ0v) is 12.4. The Morgan fingerprint density at radius 2 is 1.76 bits per heavy atom. The van der Waals surface area contributed by atoms with Gasteiger partial charge in [-0.2, -0.15) is 0 Å². The summed E-state index contributed by atoms with van der Waals surface area (Å²) in [6, 6.07) is 13.8. The smallest absolute Gasteiger partial charge is 0.163 e. The number of methoxy groups -OCH3 is 1. The maximum absolute atomic E-state index is 6.11. The van der Waals surface area contributed by atoms with Gasteiger partial charge in [0, 0.05) is 18.8 Å². The number of hydrogen-bond acceptors (Lipinski definition) is 4. The summed E-state index contributed by atoms with van der Waals surface area (Å²) in [6.07, 6.45) is -0.179. The fourth-order valence-electron chi connectivity index (χ4n) is 2.48. The van der Waals surface area contributed by atoms with Crippen LogP contribution < -0.4 is 19.5 Å². The summed E-state index contributed by atoms with van der Waals surface area (Å²) >= 11 is 0. The van der Waals surface area contributed by atoms with Crippen molar-refractivity contribution in [2.75, 3.05) is 19.5 Å². The monoisotopic (exact) mass is 285 g/mol. The average Bonchev–Trinajstić information content (AvgIpc) is 2.53. The Hall–Kier alpha value is -2.36. The van der Waals surface area contributed by atoms with Crippen molar-refractivity contribution in [2.45, 2.75) is 19.1 Å². The first kappa shape index (κ1) is 13.6. The van der Waals surface area contributed by atoms with E-state index >= 15 is 0 Å². The van der Waals surface area contributed by atoms with Crippen LogP contribution in [0, 0.1) is 0 Å². The molecule has 2 aromatic rings. The van der Waals surface area contributed by atoms with Gasteiger partial charge in [0.25, 0.3) is 0 Å². The SMILES string of the molecule is CNc1ccc2c(c1)OC(C)C(c1ccc(OC)cc1)O2. The van der Waals surface area contributed by atoms with Gasteiger partial charge in [-0.25, -0.2) is 0 Å². The normalized spacial score (nSPS) is 20.0. The molecular formula is C17H19NO3. The molecule has 0 fully saturated rings. The average molecular weight is 285 g/mol. The number of ether oxygens (including phenoxy) is 3. The predicted molar refractivity (Wildman–Crippen MR) is 82.4 cm³/mol. The second-order valence-corrected chi connectivity index (χ2v) is 5.05. The Balaban J connectivity index is 1.87. The third-order valence-electron chi connectivity index (χ3n) is 3.67. The van der Waals surface area contributed by atoms with Crippen LogP contribution in [0.25, 0.3) is 0 Å². The van der Waals surface area contributed by atoms with Crippen molar-refractivity contribution in [3.05, 3.63) is 48.0 Å². The van der Waals surface area contributed by atoms with Gasteiger partial charge >= 0.3 is 0 Å². The second-order valence-electron chi connectivity index (χ2n) is 5.05. The molecule has 21 heavy (non-hydrogen) atoms. The third kappa shape index (κ3) is 2.61. The van der Waals surface area contributed by atoms with Crippen LogP contribution in [0.1, 0.15) is 18.6 Å². The fraction of sp³-hybridized carbons (Fsp3) is 0.294. The minimum absolute atomic E-state index is 0.0574. The molecule has 1 heterocycles. The molecule has 2 atom stereocenters. The van der Waals surface area contributed by atoms with Gasteiger partial charge in [-0.05, 0) is 36.8 Å². The Bertz CT molecular complexity index is 624. The van der Waals surface area contributed by atoms with Crippen LogP contribution in [0.3, 0.4) is 0 Å². The molecule has 4 heteroatoms. The van der Waals surface area contributed by atoms with E-state index in [1.165, 1.54) is 0 Å². The standard InChI is InChI=1S/C17H19NO3/c1-11-17(12-4-7-14(19-3)8-5-12)21-15-9-6-13(18-2)10-16(15)20-11/h4-11,17-18H,1-3H3. The predicted octanol–water partition coefficient (Wildman–Crippen LogP) is 3.64. The lowest BCUT2D eigenvalue weighted by Gasteiger charge is -2.32. The van der Waals surface area contributed by atoms with E-state index in [1.807, 2.05) is 56.4 Å². The number of benzene rings is 2. The Kier molecular flexibility index (Phi) is 3.60. The van der Waals surface area contributed by atoms with E-state index in [0.29, 0.717) is 0 Å². The molecule has 0 aliphatic carbocycles. The zero-order chi connectivity index (χ0) is 14.8. The molecule has 0 radical (unpaired) electrons. The van der Waals surface area contributed by atoms with E-state index in [0.717, 1.165) is 28.5 Å². The lowest BCUT2D eigenvalue weighted by molar-refractivity contribution is 0.0307. The molecule has 2 aromatic carbocycles. The zero-order valence-electron chi connectivity index (χ0n) is 12.4. The number of nitrogens with one attached hydrogen (secondary N) is 1. The Morgan fingerprint density at radius 1 is 1.00 bits per heavy atom. The molecule has 3 rings (SSSR count). The number of rotatable bonds is 3. The van der Waals surface area contributed by atoms with Crippen LogP contribution in [0.15, 0.2) is 42.5 Å². The highest BCUT2D eigenvalue weighted by molar-refractivity contribution is 5.55. The third-order valence-corrected chi connectivity index (χ3v) is 3.67. The number of hydrogen-bond donors (Lipinski definition) is 1. The first-order valence-electron chi connectivity index (χ1n) is 7.00. The van der Waals surface area contributed by atoms with Crippen LogP contribution in [-0.2, 0) is 0 Å². The van der Waals surface area contributed by atoms with E-state index in [2.05, 4.69) is 5.32 Å². The van der Waals surface area contributed by atoms with E-state index < -0.39 is 0 Å². The molecule has 0 amide bonds. The maximum atomic E-state index is 6.11. The van der Waals surface area contributed by atoms with Crippen molar-refractivity contribution in [3.8, 4) is 17.2 Å². The quantitative estimate of drug-likeness (QED) is 0.934. The summed E-state index contributed by atoms with van der Waals surface area (Å²) in [5, 5.41) is 3.10. The minimum Gasteiger partial charge on any atom is -0.497 e. The van der Waals surface area contributed by atoms with Gasteiger partial charge in [0.2, 0.25) is 0 Å². The summed E-state index contributed by atoms with van der Waals surface area (Å²) in [6.45, 7) is 2.02. The molecular weight excluding hydrogens is 266 g/mol. The summed E-state index contributed by atoms with van der Waals surface area (Å²) in [4.78, 5) is 0. The molecule has 2 unspecified atom stereocenters. The summed E-state index contributed by atoms with van der Waals surface area (Å²) in [5.41, 5.74) is 2.08. The van der Waals surface area contributed by atoms with Gasteiger partial charge in [-0.1, -0.05) is 12.1 Å². The lowest BCUT2D eigenvalue weighted by Crippen LogP contribution is -2.30. The first-order valence-corrected chi connectivity index (χ1v) is 7.00. The molecule has 0 bridgehead atoms. The first-order chi connectivity index (χ1) is 10.2. The molecule has 4 nitrogen and oxygen atoms in total. The Morgan fingerprint density at radius 3 is 2.43 bits per heavy atom. The molecule has 1 N–H and O–H groups in total. The van der Waals surface area contributed by atoms with Crippen molar-refractivity contribution < 1.29 is 14.2 Å². The summed E-state index contributed by atoms with van der Waals surface area (Å²) < 4.78 is 17.3. The van der Waals surface area contributed by atoms with Gasteiger partial charge in [-0.15, -0.1) is 0 Å². The topological polar surface area (TPSA) is 39.7 Å². The largest absolute Gasteiger partial charge is 0.497 e. The highest BCUT2D eigenvalue weighted by Gasteiger charge is 2.29. The molecule has 0 saturated heterocycles. The minimum atomic E-state index is -0.121. The van der Waals surface area contributed by atoms with Crippen molar-refractivity contribution in [2.24, 2.45) is 0 Å². The molecule has 0 saturated carbocycles. The van der Waals surface area contributed by atoms with Crippen molar-refractivity contribution in [3.63, 3.8) is 0 Å². The van der Waals surface area contributed by atoms with Crippen LogP contribution in [0.2, 0.25) is 0 Å². The summed E-state index contributed by atoms with van der Waals surface area (Å²) in [5.74, 6) is 2.38. The van der Waals surface area contributed by atoms with Gasteiger partial charge in [0.1, 0.15) is 11.9 Å². The lowest BCUT2D eigenvalue weighted by atomic mass is 10.0. The molecule has 0 spiro atoms. The molecule has 1 aliphatic heterocycles. The van der Waals surface area contributed by atoms with Crippen molar-refractivity contribution in [1.82, 2.24) is 0 Å². The van der Waals surface area contributed by atoms with Crippen LogP contribution in [-0.4, -0.2) is 20.3 Å². The van der Waals surface area contributed by atoms with Gasteiger partial charge in [0.05, 0.1) is 7.11 Å². The van der Waals surface area contributed by atoms with Crippen molar-refractivity contribution >= 4 is 5.69 Å². The van der Waals surface area contributed by atoms with Gasteiger partial charge in [-0.3, -0.25) is 0 Å². The van der Waals surface area contributed by atoms with Gasteiger partial charge < -0.3 is 19.5 Å². The van der Waals surface area contributed by atoms with E-state index in [-0.39, 0.29) is 12.2 Å². The molecule has 0 aromatic heterocycles. The molecule has 110 valence electrons. The molecule has 1 aliphatic rings. The van der Waals surface area contributed by atoms with Gasteiger partial charge in [0.15, 0.2) is 17.6 Å². The second kappa shape index (κ2) is 5.56. The van der Waals surface area contributed by atoms with Crippen LogP contribution >= 0.6 is 0 Å². The van der Waals surface area contributed by atoms with E-state index in [9.17, 15) is 0 Å². The Labute approximate surface area is 124 Å². The number of fused-ring (bicyclic) bond motifs is 1. The van der Waals surface area contributed by atoms with Crippen LogP contribution in [0.5, 0.6) is 17.2 Å². The summed E-state index contributed by atoms with van der Waals surface area (Å²) in [7, 11) is 3.54. The van der Waals surface area contributed by atoms with E-state index in [1.54, 1.807) is 7.11 Å². The van der Waals surface area contributed by atoms with E-state index in [4.69, 9.17) is 14.2 Å². The van der Waals surface area contributed by atoms with Crippen molar-refractivity contribution in [1.29, 1.82) is 0 Å². The highest BCUT2D eigenvalue weighted by atomic mass is 16.6. The highest BCUT2D eigenvalue weighted by Crippen LogP contribution is 2.40.